The van der Waals surface area contributed by atoms with Crippen LogP contribution in [0, 0.1) is 12.7 Å². The molecule has 0 amide bonds. The number of benzene rings is 2. The molecule has 2 N–H and O–H groups in total. The molecule has 0 bridgehead atoms. The van der Waals surface area contributed by atoms with E-state index in [1.54, 1.807) is 19.2 Å². The zero-order valence-electron chi connectivity index (χ0n) is 12.8. The van der Waals surface area contributed by atoms with E-state index in [-0.39, 0.29) is 29.8 Å². The van der Waals surface area contributed by atoms with Crippen LogP contribution < -0.4 is 10.6 Å². The molecule has 2 aromatic carbocycles. The second-order valence-corrected chi connectivity index (χ2v) is 4.83. The third-order valence-electron chi connectivity index (χ3n) is 3.30. The van der Waals surface area contributed by atoms with Crippen LogP contribution >= 0.6 is 24.0 Å². The summed E-state index contributed by atoms with van der Waals surface area (Å²) in [6, 6.07) is 14.7. The molecule has 0 aliphatic rings. The molecule has 5 heteroatoms. The number of aryl methyl sites for hydroxylation is 1. The van der Waals surface area contributed by atoms with Gasteiger partial charge < -0.3 is 10.6 Å². The highest BCUT2D eigenvalue weighted by Crippen LogP contribution is 2.06. The average molecular weight is 413 g/mol. The van der Waals surface area contributed by atoms with Gasteiger partial charge >= 0.3 is 0 Å². The maximum Gasteiger partial charge on any atom is 0.191 e. The van der Waals surface area contributed by atoms with Gasteiger partial charge in [-0.2, -0.15) is 0 Å². The lowest BCUT2D eigenvalue weighted by Crippen LogP contribution is -2.36. The first kappa shape index (κ1) is 18.4. The predicted octanol–water partition coefficient (Wildman–Crippen LogP) is 3.62. The van der Waals surface area contributed by atoms with Gasteiger partial charge in [-0.25, -0.2) is 4.39 Å². The van der Waals surface area contributed by atoms with E-state index in [0.29, 0.717) is 6.54 Å². The summed E-state index contributed by atoms with van der Waals surface area (Å²) in [4.78, 5) is 4.19. The van der Waals surface area contributed by atoms with E-state index in [1.165, 1.54) is 23.3 Å². The van der Waals surface area contributed by atoms with Crippen molar-refractivity contribution in [3.05, 3.63) is 71.0 Å². The molecule has 0 fully saturated rings. The van der Waals surface area contributed by atoms with Crippen LogP contribution in [-0.4, -0.2) is 13.0 Å². The molecule has 0 spiro atoms. The van der Waals surface area contributed by atoms with Gasteiger partial charge in [-0.3, -0.25) is 4.99 Å². The third kappa shape index (κ3) is 5.63. The maximum atomic E-state index is 12.8. The van der Waals surface area contributed by atoms with Gasteiger partial charge in [-0.1, -0.05) is 36.4 Å². The summed E-state index contributed by atoms with van der Waals surface area (Å²) in [5, 5.41) is 6.48. The van der Waals surface area contributed by atoms with Crippen LogP contribution in [0.15, 0.2) is 53.5 Å². The zero-order valence-corrected chi connectivity index (χ0v) is 15.1. The van der Waals surface area contributed by atoms with Crippen molar-refractivity contribution in [3.8, 4) is 0 Å². The van der Waals surface area contributed by atoms with Gasteiger partial charge in [-0.05, 0) is 35.7 Å². The van der Waals surface area contributed by atoms with Gasteiger partial charge in [0.2, 0.25) is 0 Å². The Morgan fingerprint density at radius 1 is 1.00 bits per heavy atom. The predicted molar refractivity (Wildman–Crippen MR) is 100 cm³/mol. The van der Waals surface area contributed by atoms with Gasteiger partial charge in [0.25, 0.3) is 0 Å². The highest BCUT2D eigenvalue weighted by molar-refractivity contribution is 14.0. The molecule has 22 heavy (non-hydrogen) atoms. The first-order valence-corrected chi connectivity index (χ1v) is 6.92. The summed E-state index contributed by atoms with van der Waals surface area (Å²) in [6.07, 6.45) is 0. The minimum Gasteiger partial charge on any atom is -0.352 e. The maximum absolute atomic E-state index is 12.8. The molecule has 0 aromatic heterocycles. The highest BCUT2D eigenvalue weighted by atomic mass is 127. The van der Waals surface area contributed by atoms with E-state index in [2.05, 4.69) is 34.7 Å². The van der Waals surface area contributed by atoms with Crippen LogP contribution in [-0.2, 0) is 13.1 Å². The average Bonchev–Trinajstić information content (AvgIpc) is 2.51. The summed E-state index contributed by atoms with van der Waals surface area (Å²) in [7, 11) is 1.73. The lowest BCUT2D eigenvalue weighted by atomic mass is 10.1. The molecule has 2 rings (SSSR count). The molecule has 2 aromatic rings. The minimum absolute atomic E-state index is 0. The van der Waals surface area contributed by atoms with Crippen LogP contribution in [0.4, 0.5) is 4.39 Å². The molecular weight excluding hydrogens is 392 g/mol. The number of guanidine groups is 1. The summed E-state index contributed by atoms with van der Waals surface area (Å²) in [6.45, 7) is 3.41. The first-order chi connectivity index (χ1) is 10.2. The van der Waals surface area contributed by atoms with Gasteiger partial charge in [0.15, 0.2) is 5.96 Å². The molecular formula is C17H21FIN3. The zero-order chi connectivity index (χ0) is 15.1. The fourth-order valence-corrected chi connectivity index (χ4v) is 2.00. The number of nitrogens with zero attached hydrogens (tertiary/aromatic N) is 1. The molecule has 0 saturated carbocycles. The van der Waals surface area contributed by atoms with Crippen LogP contribution in [0.5, 0.6) is 0 Å². The Labute approximate surface area is 148 Å². The summed E-state index contributed by atoms with van der Waals surface area (Å²) >= 11 is 0. The van der Waals surface area contributed by atoms with E-state index in [1.807, 2.05) is 12.1 Å². The summed E-state index contributed by atoms with van der Waals surface area (Å²) < 4.78 is 12.8. The summed E-state index contributed by atoms with van der Waals surface area (Å²) in [5.41, 5.74) is 3.50. The second-order valence-electron chi connectivity index (χ2n) is 4.83. The van der Waals surface area contributed by atoms with E-state index in [9.17, 15) is 4.39 Å². The van der Waals surface area contributed by atoms with E-state index in [4.69, 9.17) is 0 Å². The number of aliphatic imine (C=N–C) groups is 1. The van der Waals surface area contributed by atoms with Crippen LogP contribution in [0.3, 0.4) is 0 Å². The molecule has 0 aliphatic carbocycles. The Kier molecular flexibility index (Phi) is 7.87. The standard InChI is InChI=1S/C17H20FN3.HI/c1-13-5-3-4-6-15(13)12-21-17(19-2)20-11-14-7-9-16(18)10-8-14;/h3-10H,11-12H2,1-2H3,(H2,19,20,21);1H. The van der Waals surface area contributed by atoms with E-state index < -0.39 is 0 Å². The van der Waals surface area contributed by atoms with Crippen LogP contribution in [0.2, 0.25) is 0 Å². The number of rotatable bonds is 4. The largest absolute Gasteiger partial charge is 0.352 e. The van der Waals surface area contributed by atoms with Crippen molar-refractivity contribution < 1.29 is 4.39 Å². The van der Waals surface area contributed by atoms with Crippen molar-refractivity contribution in [2.75, 3.05) is 7.05 Å². The fraction of sp³-hybridized carbons (Fsp3) is 0.235. The minimum atomic E-state index is -0.221. The molecule has 0 unspecified atom stereocenters. The molecule has 0 heterocycles. The fourth-order valence-electron chi connectivity index (χ4n) is 2.00. The third-order valence-corrected chi connectivity index (χ3v) is 3.30. The van der Waals surface area contributed by atoms with Crippen molar-refractivity contribution in [2.24, 2.45) is 4.99 Å². The first-order valence-electron chi connectivity index (χ1n) is 6.92. The Balaban J connectivity index is 0.00000242. The Morgan fingerprint density at radius 2 is 1.64 bits per heavy atom. The van der Waals surface area contributed by atoms with Crippen molar-refractivity contribution >= 4 is 29.9 Å². The normalized spacial score (nSPS) is 10.8. The Hall–Kier alpha value is -1.63. The van der Waals surface area contributed by atoms with Gasteiger partial charge in [0.1, 0.15) is 5.82 Å². The van der Waals surface area contributed by atoms with Gasteiger partial charge in [-0.15, -0.1) is 24.0 Å². The number of halogens is 2. The SMILES string of the molecule is CN=C(NCc1ccc(F)cc1)NCc1ccccc1C.I. The topological polar surface area (TPSA) is 36.4 Å². The highest BCUT2D eigenvalue weighted by Gasteiger charge is 2.01. The van der Waals surface area contributed by atoms with Crippen molar-refractivity contribution in [2.45, 2.75) is 20.0 Å². The van der Waals surface area contributed by atoms with Crippen molar-refractivity contribution in [3.63, 3.8) is 0 Å². The molecule has 118 valence electrons. The number of hydrogen-bond donors (Lipinski definition) is 2. The van der Waals surface area contributed by atoms with Gasteiger partial charge in [0, 0.05) is 20.1 Å². The Morgan fingerprint density at radius 3 is 2.27 bits per heavy atom. The van der Waals surface area contributed by atoms with Gasteiger partial charge in [0.05, 0.1) is 0 Å². The quantitative estimate of drug-likeness (QED) is 0.457. The number of nitrogens with one attached hydrogen (secondary N) is 2. The molecule has 0 radical (unpaired) electrons. The monoisotopic (exact) mass is 413 g/mol. The van der Waals surface area contributed by atoms with Crippen molar-refractivity contribution in [1.82, 2.24) is 10.6 Å². The second kappa shape index (κ2) is 9.40. The molecule has 3 nitrogen and oxygen atoms in total. The lowest BCUT2D eigenvalue weighted by molar-refractivity contribution is 0.626. The Bertz CT molecular complexity index is 612. The smallest absolute Gasteiger partial charge is 0.191 e. The molecule has 0 aliphatic heterocycles. The molecule has 0 saturated heterocycles. The van der Waals surface area contributed by atoms with E-state index in [0.717, 1.165) is 18.1 Å². The van der Waals surface area contributed by atoms with E-state index >= 15 is 0 Å². The molecule has 0 atom stereocenters. The lowest BCUT2D eigenvalue weighted by Gasteiger charge is -2.13. The van der Waals surface area contributed by atoms with Crippen LogP contribution in [0.1, 0.15) is 16.7 Å². The number of hydrogen-bond acceptors (Lipinski definition) is 1. The summed E-state index contributed by atoms with van der Waals surface area (Å²) in [5.74, 6) is 0.503. The van der Waals surface area contributed by atoms with Crippen molar-refractivity contribution in [1.29, 1.82) is 0 Å². The van der Waals surface area contributed by atoms with Crippen LogP contribution in [0.25, 0.3) is 0 Å².